The molecule has 1 aromatic carbocycles. The van der Waals surface area contributed by atoms with E-state index >= 15 is 0 Å². The van der Waals surface area contributed by atoms with Crippen molar-refractivity contribution >= 4 is 11.3 Å². The topological polar surface area (TPSA) is 24.9 Å². The SMILES string of the molecule is CNC(Cc1cncs1)c1ccc(C(C)(C)C)cc1. The average Bonchev–Trinajstić information content (AvgIpc) is 2.88. The van der Waals surface area contributed by atoms with Gasteiger partial charge in [0.25, 0.3) is 0 Å². The van der Waals surface area contributed by atoms with Gasteiger partial charge < -0.3 is 5.32 Å². The summed E-state index contributed by atoms with van der Waals surface area (Å²) >= 11 is 1.72. The van der Waals surface area contributed by atoms with Gasteiger partial charge in [-0.2, -0.15) is 0 Å². The van der Waals surface area contributed by atoms with Crippen LogP contribution in [0.15, 0.2) is 36.0 Å². The van der Waals surface area contributed by atoms with Crippen molar-refractivity contribution in [1.82, 2.24) is 10.3 Å². The highest BCUT2D eigenvalue weighted by molar-refractivity contribution is 7.09. The Morgan fingerprint density at radius 2 is 1.89 bits per heavy atom. The minimum absolute atomic E-state index is 0.214. The number of nitrogens with one attached hydrogen (secondary N) is 1. The van der Waals surface area contributed by atoms with Gasteiger partial charge in [-0.15, -0.1) is 11.3 Å². The number of rotatable bonds is 4. The lowest BCUT2D eigenvalue weighted by Gasteiger charge is -2.21. The molecule has 1 unspecified atom stereocenters. The lowest BCUT2D eigenvalue weighted by Crippen LogP contribution is -2.19. The first-order valence-corrected chi connectivity index (χ1v) is 7.54. The van der Waals surface area contributed by atoms with Crippen LogP contribution >= 0.6 is 11.3 Å². The predicted molar refractivity (Wildman–Crippen MR) is 82.8 cm³/mol. The summed E-state index contributed by atoms with van der Waals surface area (Å²) in [6.45, 7) is 6.73. The molecule has 1 N–H and O–H groups in total. The van der Waals surface area contributed by atoms with Gasteiger partial charge in [0.05, 0.1) is 5.51 Å². The Morgan fingerprint density at radius 1 is 1.21 bits per heavy atom. The Morgan fingerprint density at radius 3 is 2.37 bits per heavy atom. The van der Waals surface area contributed by atoms with Crippen molar-refractivity contribution in [2.75, 3.05) is 7.05 Å². The van der Waals surface area contributed by atoms with E-state index in [-0.39, 0.29) is 5.41 Å². The third-order valence-electron chi connectivity index (χ3n) is 3.42. The smallest absolute Gasteiger partial charge is 0.0794 e. The maximum absolute atomic E-state index is 4.14. The third kappa shape index (κ3) is 3.64. The van der Waals surface area contributed by atoms with E-state index in [9.17, 15) is 0 Å². The van der Waals surface area contributed by atoms with Gasteiger partial charge >= 0.3 is 0 Å². The summed E-state index contributed by atoms with van der Waals surface area (Å²) in [7, 11) is 2.02. The minimum atomic E-state index is 0.214. The van der Waals surface area contributed by atoms with Crippen molar-refractivity contribution in [2.45, 2.75) is 38.6 Å². The molecule has 0 aliphatic carbocycles. The van der Waals surface area contributed by atoms with Gasteiger partial charge in [0, 0.05) is 23.5 Å². The van der Waals surface area contributed by atoms with E-state index in [2.05, 4.69) is 55.3 Å². The van der Waals surface area contributed by atoms with Gasteiger partial charge in [0.2, 0.25) is 0 Å². The van der Waals surface area contributed by atoms with Crippen molar-refractivity contribution in [3.05, 3.63) is 52.0 Å². The van der Waals surface area contributed by atoms with Gasteiger partial charge in [0.15, 0.2) is 0 Å². The van der Waals surface area contributed by atoms with Crippen LogP contribution in [-0.4, -0.2) is 12.0 Å². The van der Waals surface area contributed by atoms with E-state index in [4.69, 9.17) is 0 Å². The molecule has 0 amide bonds. The fourth-order valence-electron chi connectivity index (χ4n) is 2.15. The van der Waals surface area contributed by atoms with Crippen LogP contribution in [0.3, 0.4) is 0 Å². The van der Waals surface area contributed by atoms with Crippen LogP contribution in [-0.2, 0) is 11.8 Å². The molecular formula is C16H22N2S. The normalized spacial score (nSPS) is 13.5. The quantitative estimate of drug-likeness (QED) is 0.913. The number of nitrogens with zero attached hydrogens (tertiary/aromatic N) is 1. The lowest BCUT2D eigenvalue weighted by molar-refractivity contribution is 0.581. The van der Waals surface area contributed by atoms with Crippen LogP contribution in [0.1, 0.15) is 42.8 Å². The molecule has 0 radical (unpaired) electrons. The molecule has 0 saturated carbocycles. The average molecular weight is 274 g/mol. The molecule has 2 nitrogen and oxygen atoms in total. The molecule has 0 saturated heterocycles. The summed E-state index contributed by atoms with van der Waals surface area (Å²) in [4.78, 5) is 5.46. The molecule has 1 atom stereocenters. The molecule has 3 heteroatoms. The van der Waals surface area contributed by atoms with Crippen LogP contribution in [0.4, 0.5) is 0 Å². The molecule has 2 rings (SSSR count). The number of hydrogen-bond acceptors (Lipinski definition) is 3. The van der Waals surface area contributed by atoms with E-state index in [1.54, 1.807) is 11.3 Å². The standard InChI is InChI=1S/C16H22N2S/c1-16(2,3)13-7-5-12(6-8-13)15(17-4)9-14-10-18-11-19-14/h5-8,10-11,15,17H,9H2,1-4H3. The Labute approximate surface area is 119 Å². The second kappa shape index (κ2) is 5.85. The molecule has 0 aliphatic rings. The van der Waals surface area contributed by atoms with Crippen molar-refractivity contribution in [1.29, 1.82) is 0 Å². The molecule has 2 aromatic rings. The highest BCUT2D eigenvalue weighted by atomic mass is 32.1. The van der Waals surface area contributed by atoms with E-state index < -0.39 is 0 Å². The summed E-state index contributed by atoms with van der Waals surface area (Å²) in [6, 6.07) is 9.32. The summed E-state index contributed by atoms with van der Waals surface area (Å²) < 4.78 is 0. The van der Waals surface area contributed by atoms with Gasteiger partial charge in [-0.1, -0.05) is 45.0 Å². The Bertz CT molecular complexity index is 495. The highest BCUT2D eigenvalue weighted by Crippen LogP contribution is 2.25. The number of hydrogen-bond donors (Lipinski definition) is 1. The van der Waals surface area contributed by atoms with E-state index in [1.165, 1.54) is 16.0 Å². The molecule has 0 fully saturated rings. The Hall–Kier alpha value is -1.19. The fourth-order valence-corrected chi connectivity index (χ4v) is 2.79. The molecule has 0 spiro atoms. The number of benzene rings is 1. The summed E-state index contributed by atoms with van der Waals surface area (Å²) in [5.41, 5.74) is 4.82. The maximum Gasteiger partial charge on any atom is 0.0794 e. The van der Waals surface area contributed by atoms with Gasteiger partial charge in [-0.25, -0.2) is 0 Å². The Kier molecular flexibility index (Phi) is 4.38. The maximum atomic E-state index is 4.14. The van der Waals surface area contributed by atoms with Gasteiger partial charge in [-0.05, 0) is 23.6 Å². The second-order valence-electron chi connectivity index (χ2n) is 5.89. The third-order valence-corrected chi connectivity index (χ3v) is 4.22. The summed E-state index contributed by atoms with van der Waals surface area (Å²) in [5.74, 6) is 0. The zero-order valence-corrected chi connectivity index (χ0v) is 12.9. The molecule has 0 bridgehead atoms. The van der Waals surface area contributed by atoms with E-state index in [1.807, 2.05) is 18.8 Å². The summed E-state index contributed by atoms with van der Waals surface area (Å²) in [6.07, 6.45) is 2.95. The van der Waals surface area contributed by atoms with Gasteiger partial charge in [-0.3, -0.25) is 4.98 Å². The van der Waals surface area contributed by atoms with Crippen LogP contribution in [0.2, 0.25) is 0 Å². The van der Waals surface area contributed by atoms with Crippen molar-refractivity contribution in [3.8, 4) is 0 Å². The first-order chi connectivity index (χ1) is 9.00. The van der Waals surface area contributed by atoms with Crippen LogP contribution < -0.4 is 5.32 Å². The Balaban J connectivity index is 2.15. The van der Waals surface area contributed by atoms with Crippen LogP contribution in [0, 0.1) is 0 Å². The molecular weight excluding hydrogens is 252 g/mol. The first kappa shape index (κ1) is 14.2. The van der Waals surface area contributed by atoms with Crippen LogP contribution in [0.25, 0.3) is 0 Å². The zero-order chi connectivity index (χ0) is 13.9. The lowest BCUT2D eigenvalue weighted by atomic mass is 9.86. The van der Waals surface area contributed by atoms with Crippen molar-refractivity contribution in [3.63, 3.8) is 0 Å². The van der Waals surface area contributed by atoms with Crippen molar-refractivity contribution < 1.29 is 0 Å². The van der Waals surface area contributed by atoms with Crippen LogP contribution in [0.5, 0.6) is 0 Å². The van der Waals surface area contributed by atoms with Crippen molar-refractivity contribution in [2.24, 2.45) is 0 Å². The predicted octanol–water partition coefficient (Wildman–Crippen LogP) is 3.94. The minimum Gasteiger partial charge on any atom is -0.313 e. The fraction of sp³-hybridized carbons (Fsp3) is 0.438. The molecule has 102 valence electrons. The first-order valence-electron chi connectivity index (χ1n) is 6.66. The molecule has 1 aromatic heterocycles. The monoisotopic (exact) mass is 274 g/mol. The van der Waals surface area contributed by atoms with E-state index in [0.29, 0.717) is 6.04 Å². The largest absolute Gasteiger partial charge is 0.313 e. The number of thiazole rings is 1. The molecule has 0 aliphatic heterocycles. The van der Waals surface area contributed by atoms with E-state index in [0.717, 1.165) is 6.42 Å². The highest BCUT2D eigenvalue weighted by Gasteiger charge is 2.15. The molecule has 19 heavy (non-hydrogen) atoms. The van der Waals surface area contributed by atoms with Gasteiger partial charge in [0.1, 0.15) is 0 Å². The summed E-state index contributed by atoms with van der Waals surface area (Å²) in [5, 5.41) is 3.39. The second-order valence-corrected chi connectivity index (χ2v) is 6.86. The zero-order valence-electron chi connectivity index (χ0n) is 12.1. The number of aromatic nitrogens is 1. The molecule has 1 heterocycles. The number of likely N-dealkylation sites (N-methyl/N-ethyl adjacent to an activating group) is 1.